The maximum atomic E-state index is 13.0. The van der Waals surface area contributed by atoms with E-state index in [9.17, 15) is 44.3 Å². The maximum absolute atomic E-state index is 13.0. The van der Waals surface area contributed by atoms with Crippen LogP contribution in [0.25, 0.3) is 0 Å². The molecule has 2 amide bonds. The molecule has 0 aliphatic heterocycles. The van der Waals surface area contributed by atoms with Crippen molar-refractivity contribution < 1.29 is 49.5 Å². The minimum atomic E-state index is -5.30. The van der Waals surface area contributed by atoms with Crippen molar-refractivity contribution in [1.29, 1.82) is 0 Å². The van der Waals surface area contributed by atoms with Gasteiger partial charge in [-0.05, 0) is 31.0 Å². The van der Waals surface area contributed by atoms with Gasteiger partial charge < -0.3 is 15.7 Å². The lowest BCUT2D eigenvalue weighted by molar-refractivity contribution is -0.162. The van der Waals surface area contributed by atoms with Crippen molar-refractivity contribution in [1.82, 2.24) is 5.32 Å². The average Bonchev–Trinajstić information content (AvgIpc) is 2.70. The number of unbranched alkanes of at least 4 members (excludes halogenated alkanes) is 6. The number of hydrogen-bond acceptors (Lipinski definition) is 4. The molecular weight excluding hydrogens is 506 g/mol. The van der Waals surface area contributed by atoms with E-state index < -0.39 is 56.8 Å². The van der Waals surface area contributed by atoms with Crippen LogP contribution in [0.5, 0.6) is 0 Å². The Labute approximate surface area is 199 Å². The Morgan fingerprint density at radius 3 is 1.89 bits per heavy atom. The van der Waals surface area contributed by atoms with Gasteiger partial charge in [0.25, 0.3) is 0 Å². The Morgan fingerprint density at radius 1 is 0.800 bits per heavy atom. The number of amides is 2. The van der Waals surface area contributed by atoms with E-state index in [0.717, 1.165) is 25.7 Å². The molecule has 1 rings (SSSR count). The molecule has 1 aromatic rings. The predicted octanol–water partition coefficient (Wildman–Crippen LogP) is 5.47. The summed E-state index contributed by atoms with van der Waals surface area (Å²) in [6.45, 7) is -0.329. The highest BCUT2D eigenvalue weighted by Gasteiger charge is 2.43. The fraction of sp³-hybridized carbons (Fsp3) is 0.619. The number of carboxylic acids is 1. The summed E-state index contributed by atoms with van der Waals surface area (Å²) < 4.78 is 101. The first-order valence-electron chi connectivity index (χ1n) is 10.9. The van der Waals surface area contributed by atoms with Gasteiger partial charge in [-0.2, -0.15) is 26.3 Å². The molecule has 0 saturated carbocycles. The number of hydrogen-bond donors (Lipinski definition) is 3. The Kier molecular flexibility index (Phi) is 11.8. The molecule has 0 aliphatic carbocycles. The fourth-order valence-electron chi connectivity index (χ4n) is 3.18. The van der Waals surface area contributed by atoms with E-state index in [1.54, 1.807) is 0 Å². The summed E-state index contributed by atoms with van der Waals surface area (Å²) in [4.78, 5) is 22.2. The lowest BCUT2D eigenvalue weighted by atomic mass is 10.1. The monoisotopic (exact) mass is 534 g/mol. The van der Waals surface area contributed by atoms with Crippen LogP contribution in [0.2, 0.25) is 0 Å². The van der Waals surface area contributed by atoms with E-state index in [4.69, 9.17) is 5.11 Å². The molecule has 0 saturated heterocycles. The average molecular weight is 535 g/mol. The van der Waals surface area contributed by atoms with Gasteiger partial charge in [0.05, 0.1) is 22.6 Å². The summed E-state index contributed by atoms with van der Waals surface area (Å²) >= 11 is 0. The Balaban J connectivity index is 2.39. The zero-order chi connectivity index (χ0) is 26.7. The van der Waals surface area contributed by atoms with Crippen molar-refractivity contribution in [3.8, 4) is 0 Å². The van der Waals surface area contributed by atoms with Gasteiger partial charge in [0.2, 0.25) is 0 Å². The molecule has 0 bridgehead atoms. The SMILES string of the molecule is O=C(O)CCCCCCCCCS(=O)(=O)CCNC(=O)Nc1ccc(C(F)(F)F)c(C(F)(F)F)c1. The molecule has 0 fully saturated rings. The molecule has 0 aromatic heterocycles. The van der Waals surface area contributed by atoms with Crippen LogP contribution in [0.3, 0.4) is 0 Å². The van der Waals surface area contributed by atoms with E-state index in [1.807, 2.05) is 5.32 Å². The number of benzene rings is 1. The number of alkyl halides is 6. The zero-order valence-corrected chi connectivity index (χ0v) is 19.6. The molecule has 14 heteroatoms. The van der Waals surface area contributed by atoms with Crippen LogP contribution >= 0.6 is 0 Å². The lowest BCUT2D eigenvalue weighted by Gasteiger charge is -2.17. The third-order valence-electron chi connectivity index (χ3n) is 4.93. The van der Waals surface area contributed by atoms with Crippen LogP contribution in [0.1, 0.15) is 62.5 Å². The van der Waals surface area contributed by atoms with E-state index in [2.05, 4.69) is 5.32 Å². The maximum Gasteiger partial charge on any atom is 0.417 e. The lowest BCUT2D eigenvalue weighted by Crippen LogP contribution is -2.33. The first-order chi connectivity index (χ1) is 16.1. The van der Waals surface area contributed by atoms with E-state index >= 15 is 0 Å². The normalized spacial score (nSPS) is 12.4. The molecule has 1 aromatic carbocycles. The molecule has 0 spiro atoms. The second-order valence-electron chi connectivity index (χ2n) is 7.91. The van der Waals surface area contributed by atoms with Crippen LogP contribution in [-0.2, 0) is 27.0 Å². The highest BCUT2D eigenvalue weighted by Crippen LogP contribution is 2.41. The fourth-order valence-corrected chi connectivity index (χ4v) is 4.44. The largest absolute Gasteiger partial charge is 0.481 e. The van der Waals surface area contributed by atoms with Gasteiger partial charge in [-0.25, -0.2) is 13.2 Å². The highest BCUT2D eigenvalue weighted by atomic mass is 32.2. The molecule has 0 unspecified atom stereocenters. The molecular formula is C21H28F6N2O5S. The van der Waals surface area contributed by atoms with E-state index in [0.29, 0.717) is 25.3 Å². The van der Waals surface area contributed by atoms with Gasteiger partial charge in [-0.1, -0.05) is 32.1 Å². The van der Waals surface area contributed by atoms with Gasteiger partial charge >= 0.3 is 24.4 Å². The van der Waals surface area contributed by atoms with Crippen LogP contribution in [0.4, 0.5) is 36.8 Å². The Hall–Kier alpha value is -2.51. The van der Waals surface area contributed by atoms with Gasteiger partial charge in [0.15, 0.2) is 9.84 Å². The molecule has 200 valence electrons. The van der Waals surface area contributed by atoms with E-state index in [-0.39, 0.29) is 30.9 Å². The van der Waals surface area contributed by atoms with Gasteiger partial charge in [0, 0.05) is 18.7 Å². The van der Waals surface area contributed by atoms with Gasteiger partial charge in [-0.3, -0.25) is 4.79 Å². The molecule has 0 atom stereocenters. The number of nitrogens with one attached hydrogen (secondary N) is 2. The second kappa shape index (κ2) is 13.5. The third-order valence-corrected chi connectivity index (χ3v) is 6.67. The summed E-state index contributed by atoms with van der Waals surface area (Å²) in [7, 11) is -3.49. The first-order valence-corrected chi connectivity index (χ1v) is 12.7. The standard InChI is InChI=1S/C21H28F6N2O5S/c22-20(23,24)16-10-9-15(14-17(16)21(25,26)27)29-19(32)28-11-13-35(33,34)12-7-5-3-1-2-4-6-8-18(30)31/h9-10,14H,1-8,11-13H2,(H,30,31)(H2,28,29,32). The minimum Gasteiger partial charge on any atom is -0.481 e. The zero-order valence-electron chi connectivity index (χ0n) is 18.8. The number of rotatable bonds is 14. The summed E-state index contributed by atoms with van der Waals surface area (Å²) in [5.41, 5.74) is -4.38. The van der Waals surface area contributed by atoms with Crippen LogP contribution in [0, 0.1) is 0 Å². The molecule has 7 nitrogen and oxygen atoms in total. The predicted molar refractivity (Wildman–Crippen MR) is 117 cm³/mol. The summed E-state index contributed by atoms with van der Waals surface area (Å²) in [6, 6.07) is -0.0267. The van der Waals surface area contributed by atoms with Crippen molar-refractivity contribution >= 4 is 27.5 Å². The van der Waals surface area contributed by atoms with Crippen molar-refractivity contribution in [2.75, 3.05) is 23.4 Å². The van der Waals surface area contributed by atoms with Crippen molar-refractivity contribution in [2.45, 2.75) is 63.7 Å². The van der Waals surface area contributed by atoms with Crippen LogP contribution in [0.15, 0.2) is 18.2 Å². The number of sulfone groups is 1. The molecule has 3 N–H and O–H groups in total. The van der Waals surface area contributed by atoms with Crippen LogP contribution in [-0.4, -0.2) is 43.6 Å². The molecule has 35 heavy (non-hydrogen) atoms. The van der Waals surface area contributed by atoms with Gasteiger partial charge in [-0.15, -0.1) is 0 Å². The number of carboxylic acid groups (broad SMARTS) is 1. The third kappa shape index (κ3) is 12.7. The number of halogens is 6. The summed E-state index contributed by atoms with van der Waals surface area (Å²) in [6.07, 6.45) is -5.40. The van der Waals surface area contributed by atoms with Gasteiger partial charge in [0.1, 0.15) is 0 Å². The number of anilines is 1. The minimum absolute atomic E-state index is 0.108. The second-order valence-corrected chi connectivity index (χ2v) is 10.2. The Bertz CT molecular complexity index is 949. The number of aliphatic carboxylic acids is 1. The van der Waals surface area contributed by atoms with Crippen molar-refractivity contribution in [3.63, 3.8) is 0 Å². The number of carbonyl (C=O) groups excluding carboxylic acids is 1. The van der Waals surface area contributed by atoms with E-state index in [1.165, 1.54) is 0 Å². The molecule has 0 aliphatic rings. The van der Waals surface area contributed by atoms with Crippen molar-refractivity contribution in [2.24, 2.45) is 0 Å². The number of urea groups is 1. The Morgan fingerprint density at radius 2 is 1.34 bits per heavy atom. The quantitative estimate of drug-likeness (QED) is 0.217. The topological polar surface area (TPSA) is 113 Å². The van der Waals surface area contributed by atoms with Crippen LogP contribution < -0.4 is 10.6 Å². The molecule has 0 heterocycles. The smallest absolute Gasteiger partial charge is 0.417 e. The highest BCUT2D eigenvalue weighted by molar-refractivity contribution is 7.91. The summed E-state index contributed by atoms with van der Waals surface area (Å²) in [5.74, 6) is -1.35. The molecule has 0 radical (unpaired) electrons. The first kappa shape index (κ1) is 30.5. The number of carbonyl (C=O) groups is 2. The summed E-state index contributed by atoms with van der Waals surface area (Å²) in [5, 5.41) is 12.7. The van der Waals surface area contributed by atoms with Crippen molar-refractivity contribution in [3.05, 3.63) is 29.3 Å².